The lowest BCUT2D eigenvalue weighted by molar-refractivity contribution is -0.126. The van der Waals surface area contributed by atoms with Crippen LogP contribution < -0.4 is 5.32 Å². The van der Waals surface area contributed by atoms with E-state index in [0.717, 1.165) is 28.7 Å². The summed E-state index contributed by atoms with van der Waals surface area (Å²) in [5.74, 6) is 4.31. The molecule has 1 unspecified atom stereocenters. The maximum absolute atomic E-state index is 13.0. The van der Waals surface area contributed by atoms with E-state index in [-0.39, 0.29) is 16.7 Å². The SMILES string of the molecule is C=CCn1c(SC(C)C(=O)NC23CC4CC(CC(C4)C2)C3)nnc1C1CC1. The molecule has 0 aliphatic heterocycles. The molecule has 6 heteroatoms. The number of thioether (sulfide) groups is 1. The van der Waals surface area contributed by atoms with Crippen molar-refractivity contribution in [3.8, 4) is 0 Å². The van der Waals surface area contributed by atoms with Gasteiger partial charge < -0.3 is 9.88 Å². The summed E-state index contributed by atoms with van der Waals surface area (Å²) in [6.07, 6.45) is 12.1. The van der Waals surface area contributed by atoms with Crippen LogP contribution in [-0.2, 0) is 11.3 Å². The van der Waals surface area contributed by atoms with Gasteiger partial charge in [-0.25, -0.2) is 0 Å². The van der Waals surface area contributed by atoms with Crippen molar-refractivity contribution in [3.05, 3.63) is 18.5 Å². The van der Waals surface area contributed by atoms with E-state index in [9.17, 15) is 4.79 Å². The molecule has 1 N–H and O–H groups in total. The number of hydrogen-bond donors (Lipinski definition) is 1. The Morgan fingerprint density at radius 2 is 1.89 bits per heavy atom. The van der Waals surface area contributed by atoms with Gasteiger partial charge in [-0.2, -0.15) is 0 Å². The quantitative estimate of drug-likeness (QED) is 0.570. The van der Waals surface area contributed by atoms with Gasteiger partial charge in [0.2, 0.25) is 5.91 Å². The van der Waals surface area contributed by atoms with Crippen LogP contribution in [0.3, 0.4) is 0 Å². The molecule has 5 nitrogen and oxygen atoms in total. The lowest BCUT2D eigenvalue weighted by Gasteiger charge is -2.57. The van der Waals surface area contributed by atoms with Crippen molar-refractivity contribution in [2.45, 2.75) is 86.7 Å². The Morgan fingerprint density at radius 1 is 1.26 bits per heavy atom. The predicted octanol–water partition coefficient (Wildman–Crippen LogP) is 3.91. The summed E-state index contributed by atoms with van der Waals surface area (Å²) in [7, 11) is 0. The highest BCUT2D eigenvalue weighted by molar-refractivity contribution is 8.00. The second-order valence-corrected chi connectivity index (χ2v) is 10.8. The highest BCUT2D eigenvalue weighted by Crippen LogP contribution is 2.55. The molecule has 5 saturated carbocycles. The summed E-state index contributed by atoms with van der Waals surface area (Å²) in [4.78, 5) is 13.0. The van der Waals surface area contributed by atoms with Crippen LogP contribution in [0.2, 0.25) is 0 Å². The van der Waals surface area contributed by atoms with E-state index in [0.29, 0.717) is 12.5 Å². The largest absolute Gasteiger partial charge is 0.350 e. The summed E-state index contributed by atoms with van der Waals surface area (Å²) in [5, 5.41) is 13.0. The minimum absolute atomic E-state index is 0.0780. The molecule has 1 atom stereocenters. The topological polar surface area (TPSA) is 59.8 Å². The molecule has 1 amide bonds. The van der Waals surface area contributed by atoms with Crippen molar-refractivity contribution in [2.75, 3.05) is 0 Å². The third kappa shape index (κ3) is 3.34. The van der Waals surface area contributed by atoms with E-state index in [1.54, 1.807) is 11.8 Å². The van der Waals surface area contributed by atoms with E-state index < -0.39 is 0 Å². The number of nitrogens with one attached hydrogen (secondary N) is 1. The first-order chi connectivity index (χ1) is 13.0. The van der Waals surface area contributed by atoms with Crippen molar-refractivity contribution in [2.24, 2.45) is 17.8 Å². The molecule has 6 rings (SSSR count). The molecular weight excluding hydrogens is 356 g/mol. The molecule has 5 aliphatic carbocycles. The Morgan fingerprint density at radius 3 is 2.44 bits per heavy atom. The van der Waals surface area contributed by atoms with E-state index >= 15 is 0 Å². The number of carbonyl (C=O) groups is 1. The number of aromatic nitrogens is 3. The van der Waals surface area contributed by atoms with E-state index in [1.165, 1.54) is 51.4 Å². The standard InChI is InChI=1S/C21H30N4OS/c1-3-6-25-18(17-4-5-17)23-24-20(25)27-13(2)19(26)22-21-10-14-7-15(11-21)9-16(8-14)12-21/h3,13-17H,1,4-12H2,2H3,(H,22,26). The van der Waals surface area contributed by atoms with Crippen LogP contribution in [0.5, 0.6) is 0 Å². The predicted molar refractivity (Wildman–Crippen MR) is 107 cm³/mol. The van der Waals surface area contributed by atoms with Crippen LogP contribution >= 0.6 is 11.8 Å². The Kier molecular flexibility index (Phi) is 4.37. The number of rotatable bonds is 7. The number of carbonyl (C=O) groups excluding carboxylic acids is 1. The van der Waals surface area contributed by atoms with E-state index in [4.69, 9.17) is 0 Å². The smallest absolute Gasteiger partial charge is 0.233 e. The van der Waals surface area contributed by atoms with Gasteiger partial charge in [0.15, 0.2) is 5.16 Å². The van der Waals surface area contributed by atoms with Gasteiger partial charge in [0.1, 0.15) is 5.82 Å². The monoisotopic (exact) mass is 386 g/mol. The molecule has 1 aromatic heterocycles. The van der Waals surface area contributed by atoms with Gasteiger partial charge in [-0.3, -0.25) is 4.79 Å². The van der Waals surface area contributed by atoms with E-state index in [2.05, 4.69) is 26.7 Å². The lowest BCUT2D eigenvalue weighted by Crippen LogP contribution is -2.60. The van der Waals surface area contributed by atoms with Gasteiger partial charge in [0, 0.05) is 18.0 Å². The number of amides is 1. The van der Waals surface area contributed by atoms with Crippen molar-refractivity contribution in [1.82, 2.24) is 20.1 Å². The Hall–Kier alpha value is -1.30. The molecule has 0 aromatic carbocycles. The third-order valence-corrected chi connectivity index (χ3v) is 8.16. The summed E-state index contributed by atoms with van der Waals surface area (Å²) < 4.78 is 2.14. The number of nitrogens with zero attached hydrogens (tertiary/aromatic N) is 3. The number of allylic oxidation sites excluding steroid dienone is 1. The molecule has 0 saturated heterocycles. The molecule has 27 heavy (non-hydrogen) atoms. The van der Waals surface area contributed by atoms with Crippen LogP contribution in [0.4, 0.5) is 0 Å². The van der Waals surface area contributed by atoms with Gasteiger partial charge in [-0.1, -0.05) is 17.8 Å². The molecule has 146 valence electrons. The van der Waals surface area contributed by atoms with Crippen LogP contribution in [-0.4, -0.2) is 31.5 Å². The average Bonchev–Trinajstić information content (AvgIpc) is 3.37. The van der Waals surface area contributed by atoms with Gasteiger partial charge >= 0.3 is 0 Å². The first kappa shape index (κ1) is 17.8. The summed E-state index contributed by atoms with van der Waals surface area (Å²) in [6.45, 7) is 6.59. The Labute approximate surface area is 165 Å². The molecule has 1 aromatic rings. The first-order valence-electron chi connectivity index (χ1n) is 10.6. The molecule has 0 radical (unpaired) electrons. The molecule has 5 fully saturated rings. The van der Waals surface area contributed by atoms with Gasteiger partial charge in [0.05, 0.1) is 5.25 Å². The summed E-state index contributed by atoms with van der Waals surface area (Å²) >= 11 is 1.54. The summed E-state index contributed by atoms with van der Waals surface area (Å²) in [5.41, 5.74) is 0.0780. The maximum Gasteiger partial charge on any atom is 0.233 e. The Balaban J connectivity index is 1.27. The highest BCUT2D eigenvalue weighted by Gasteiger charge is 2.51. The Bertz CT molecular complexity index is 718. The second kappa shape index (κ2) is 6.64. The second-order valence-electron chi connectivity index (χ2n) is 9.46. The fourth-order valence-electron chi connectivity index (χ4n) is 6.17. The van der Waals surface area contributed by atoms with Crippen LogP contribution in [0.1, 0.15) is 70.0 Å². The van der Waals surface area contributed by atoms with Crippen LogP contribution in [0.25, 0.3) is 0 Å². The molecule has 5 aliphatic rings. The third-order valence-electron chi connectivity index (χ3n) is 7.08. The zero-order valence-electron chi connectivity index (χ0n) is 16.2. The minimum Gasteiger partial charge on any atom is -0.350 e. The lowest BCUT2D eigenvalue weighted by atomic mass is 9.53. The fraction of sp³-hybridized carbons (Fsp3) is 0.762. The van der Waals surface area contributed by atoms with Crippen molar-refractivity contribution in [1.29, 1.82) is 0 Å². The van der Waals surface area contributed by atoms with Crippen molar-refractivity contribution < 1.29 is 4.79 Å². The molecule has 4 bridgehead atoms. The van der Waals surface area contributed by atoms with Gasteiger partial charge in [-0.15, -0.1) is 16.8 Å². The number of hydrogen-bond acceptors (Lipinski definition) is 4. The first-order valence-corrected chi connectivity index (χ1v) is 11.5. The van der Waals surface area contributed by atoms with Gasteiger partial charge in [0.25, 0.3) is 0 Å². The van der Waals surface area contributed by atoms with Crippen LogP contribution in [0.15, 0.2) is 17.8 Å². The molecule has 1 heterocycles. The van der Waals surface area contributed by atoms with E-state index in [1.807, 2.05) is 13.0 Å². The highest BCUT2D eigenvalue weighted by atomic mass is 32.2. The van der Waals surface area contributed by atoms with Crippen molar-refractivity contribution in [3.63, 3.8) is 0 Å². The van der Waals surface area contributed by atoms with Gasteiger partial charge in [-0.05, 0) is 76.0 Å². The normalized spacial score (nSPS) is 35.2. The zero-order valence-corrected chi connectivity index (χ0v) is 17.0. The maximum atomic E-state index is 13.0. The minimum atomic E-state index is -0.155. The zero-order chi connectivity index (χ0) is 18.6. The molecular formula is C21H30N4OS. The van der Waals surface area contributed by atoms with Crippen LogP contribution in [0, 0.1) is 17.8 Å². The average molecular weight is 387 g/mol. The fourth-order valence-corrected chi connectivity index (χ4v) is 7.04. The molecule has 0 spiro atoms. The summed E-state index contributed by atoms with van der Waals surface area (Å²) in [6, 6.07) is 0. The van der Waals surface area contributed by atoms with Crippen molar-refractivity contribution >= 4 is 17.7 Å².